The van der Waals surface area contributed by atoms with Crippen LogP contribution in [0.5, 0.6) is 0 Å². The van der Waals surface area contributed by atoms with Gasteiger partial charge in [-0.05, 0) is 48.4 Å². The molecule has 3 heterocycles. The Hall–Kier alpha value is -2.74. The highest BCUT2D eigenvalue weighted by molar-refractivity contribution is 6.39. The summed E-state index contributed by atoms with van der Waals surface area (Å²) in [5.74, 6) is 1.49. The van der Waals surface area contributed by atoms with E-state index in [0.29, 0.717) is 21.6 Å². The van der Waals surface area contributed by atoms with Gasteiger partial charge in [-0.3, -0.25) is 4.68 Å². The molecule has 30 heavy (non-hydrogen) atoms. The Kier molecular flexibility index (Phi) is 5.02. The summed E-state index contributed by atoms with van der Waals surface area (Å²) in [7, 11) is 1.88. The zero-order chi connectivity index (χ0) is 20.7. The Morgan fingerprint density at radius 3 is 2.80 bits per heavy atom. The quantitative estimate of drug-likeness (QED) is 0.483. The number of rotatable bonds is 4. The summed E-state index contributed by atoms with van der Waals surface area (Å²) < 4.78 is 1.78. The second kappa shape index (κ2) is 7.83. The van der Waals surface area contributed by atoms with E-state index in [2.05, 4.69) is 49.6 Å². The monoisotopic (exact) mass is 441 g/mol. The van der Waals surface area contributed by atoms with Crippen LogP contribution in [0.4, 0.5) is 23.0 Å². The molecule has 154 valence electrons. The molecule has 0 saturated carbocycles. The van der Waals surface area contributed by atoms with Crippen LogP contribution in [0.15, 0.2) is 41.4 Å². The maximum absolute atomic E-state index is 6.29. The Morgan fingerprint density at radius 1 is 1.13 bits per heavy atom. The van der Waals surface area contributed by atoms with E-state index in [1.165, 1.54) is 11.1 Å². The van der Waals surface area contributed by atoms with Crippen LogP contribution in [0.1, 0.15) is 16.7 Å². The average molecular weight is 442 g/mol. The third-order valence-electron chi connectivity index (χ3n) is 5.31. The maximum atomic E-state index is 6.29. The Balaban J connectivity index is 1.36. The Morgan fingerprint density at radius 2 is 1.97 bits per heavy atom. The van der Waals surface area contributed by atoms with Gasteiger partial charge in [0.2, 0.25) is 0 Å². The standard InChI is InChI=1S/C21H21Cl2N7/c1-30-20-15(19(29-30)27-18-16(22)3-2-4-17(18)23)11-25-21(28-20)26-14-6-5-12-7-8-24-10-13(12)9-14/h2-6,9,11,21,24,26,28H,7-8,10H2,1H3,(H,27,29). The molecule has 2 aliphatic rings. The number of aromatic nitrogens is 2. The first-order chi connectivity index (χ1) is 14.6. The predicted octanol–water partition coefficient (Wildman–Crippen LogP) is 4.36. The lowest BCUT2D eigenvalue weighted by atomic mass is 10.0. The minimum atomic E-state index is -0.292. The number of hydrogen-bond donors (Lipinski definition) is 4. The number of fused-ring (bicyclic) bond motifs is 2. The maximum Gasteiger partial charge on any atom is 0.195 e. The summed E-state index contributed by atoms with van der Waals surface area (Å²) in [4.78, 5) is 4.62. The number of hydrogen-bond acceptors (Lipinski definition) is 6. The summed E-state index contributed by atoms with van der Waals surface area (Å²) >= 11 is 12.6. The third-order valence-corrected chi connectivity index (χ3v) is 5.94. The lowest BCUT2D eigenvalue weighted by Gasteiger charge is -2.24. The summed E-state index contributed by atoms with van der Waals surface area (Å²) in [5.41, 5.74) is 5.23. The van der Waals surface area contributed by atoms with E-state index in [-0.39, 0.29) is 6.29 Å². The second-order valence-electron chi connectivity index (χ2n) is 7.34. The zero-order valence-electron chi connectivity index (χ0n) is 16.3. The van der Waals surface area contributed by atoms with E-state index in [4.69, 9.17) is 23.2 Å². The van der Waals surface area contributed by atoms with Crippen molar-refractivity contribution in [3.63, 3.8) is 0 Å². The van der Waals surface area contributed by atoms with Gasteiger partial charge in [-0.15, -0.1) is 0 Å². The number of halogens is 2. The molecule has 2 aromatic carbocycles. The van der Waals surface area contributed by atoms with Crippen molar-refractivity contribution in [2.45, 2.75) is 19.3 Å². The first-order valence-electron chi connectivity index (χ1n) is 9.75. The molecule has 0 bridgehead atoms. The highest BCUT2D eigenvalue weighted by Gasteiger charge is 2.23. The van der Waals surface area contributed by atoms with Crippen LogP contribution in [-0.4, -0.2) is 28.8 Å². The first kappa shape index (κ1) is 19.2. The van der Waals surface area contributed by atoms with Gasteiger partial charge < -0.3 is 21.3 Å². The molecule has 0 aliphatic carbocycles. The molecule has 7 nitrogen and oxygen atoms in total. The number of benzene rings is 2. The first-order valence-corrected chi connectivity index (χ1v) is 10.5. The van der Waals surface area contributed by atoms with Crippen LogP contribution in [0, 0.1) is 0 Å². The summed E-state index contributed by atoms with van der Waals surface area (Å²) in [6, 6.07) is 11.9. The van der Waals surface area contributed by atoms with Gasteiger partial charge in [-0.2, -0.15) is 5.10 Å². The third kappa shape index (κ3) is 3.60. The van der Waals surface area contributed by atoms with Gasteiger partial charge >= 0.3 is 0 Å². The molecule has 0 amide bonds. The number of aryl methyl sites for hydroxylation is 1. The molecule has 9 heteroatoms. The fourth-order valence-electron chi connectivity index (χ4n) is 3.78. The number of para-hydroxylation sites is 1. The van der Waals surface area contributed by atoms with Gasteiger partial charge in [0.1, 0.15) is 5.82 Å². The molecular formula is C21H21Cl2N7. The van der Waals surface area contributed by atoms with Crippen molar-refractivity contribution in [2.24, 2.45) is 12.0 Å². The number of nitrogens with zero attached hydrogens (tertiary/aromatic N) is 3. The Labute approximate surface area is 184 Å². The normalized spacial score (nSPS) is 17.1. The van der Waals surface area contributed by atoms with Crippen LogP contribution in [0.2, 0.25) is 10.0 Å². The lowest BCUT2D eigenvalue weighted by Crippen LogP contribution is -2.31. The molecule has 1 aromatic heterocycles. The minimum absolute atomic E-state index is 0.292. The van der Waals surface area contributed by atoms with Crippen molar-refractivity contribution < 1.29 is 0 Å². The smallest absolute Gasteiger partial charge is 0.195 e. The molecule has 1 atom stereocenters. The molecule has 0 fully saturated rings. The van der Waals surface area contributed by atoms with Crippen LogP contribution in [-0.2, 0) is 20.0 Å². The van der Waals surface area contributed by atoms with Crippen molar-refractivity contribution in [1.29, 1.82) is 0 Å². The van der Waals surface area contributed by atoms with Crippen molar-refractivity contribution >= 4 is 52.4 Å². The van der Waals surface area contributed by atoms with Crippen LogP contribution >= 0.6 is 23.2 Å². The van der Waals surface area contributed by atoms with E-state index >= 15 is 0 Å². The van der Waals surface area contributed by atoms with E-state index < -0.39 is 0 Å². The van der Waals surface area contributed by atoms with Gasteiger partial charge in [-0.25, -0.2) is 4.99 Å². The average Bonchev–Trinajstić information content (AvgIpc) is 3.06. The molecule has 0 spiro atoms. The number of anilines is 4. The number of nitrogens with one attached hydrogen (secondary N) is 4. The molecule has 0 radical (unpaired) electrons. The largest absolute Gasteiger partial charge is 0.347 e. The lowest BCUT2D eigenvalue weighted by molar-refractivity contribution is 0.644. The number of aliphatic imine (C=N–C) groups is 1. The summed E-state index contributed by atoms with van der Waals surface area (Å²) in [6.45, 7) is 1.94. The predicted molar refractivity (Wildman–Crippen MR) is 123 cm³/mol. The van der Waals surface area contributed by atoms with E-state index in [1.54, 1.807) is 22.9 Å². The molecule has 5 rings (SSSR count). The van der Waals surface area contributed by atoms with Crippen molar-refractivity contribution in [3.05, 3.63) is 63.1 Å². The fourth-order valence-corrected chi connectivity index (χ4v) is 4.27. The molecule has 0 saturated heterocycles. The van der Waals surface area contributed by atoms with Crippen LogP contribution in [0.25, 0.3) is 0 Å². The van der Waals surface area contributed by atoms with Crippen LogP contribution in [0.3, 0.4) is 0 Å². The van der Waals surface area contributed by atoms with E-state index in [0.717, 1.165) is 36.6 Å². The molecule has 2 aliphatic heterocycles. The second-order valence-corrected chi connectivity index (χ2v) is 8.15. The molecule has 1 unspecified atom stereocenters. The zero-order valence-corrected chi connectivity index (χ0v) is 17.8. The highest BCUT2D eigenvalue weighted by atomic mass is 35.5. The van der Waals surface area contributed by atoms with Crippen LogP contribution < -0.4 is 21.3 Å². The summed E-state index contributed by atoms with van der Waals surface area (Å²) in [5, 5.41) is 19.1. The van der Waals surface area contributed by atoms with Crippen molar-refractivity contribution in [1.82, 2.24) is 15.1 Å². The van der Waals surface area contributed by atoms with E-state index in [9.17, 15) is 0 Å². The molecular weight excluding hydrogens is 421 g/mol. The molecule has 3 aromatic rings. The van der Waals surface area contributed by atoms with E-state index in [1.807, 2.05) is 13.3 Å². The molecule has 4 N–H and O–H groups in total. The topological polar surface area (TPSA) is 78.3 Å². The van der Waals surface area contributed by atoms with Gasteiger partial charge in [0.25, 0.3) is 0 Å². The van der Waals surface area contributed by atoms with Gasteiger partial charge in [0.05, 0.1) is 21.3 Å². The van der Waals surface area contributed by atoms with Crippen molar-refractivity contribution in [3.8, 4) is 0 Å². The van der Waals surface area contributed by atoms with Gasteiger partial charge in [-0.1, -0.05) is 35.3 Å². The fraction of sp³-hybridized carbons (Fsp3) is 0.238. The summed E-state index contributed by atoms with van der Waals surface area (Å²) in [6.07, 6.45) is 2.59. The van der Waals surface area contributed by atoms with Gasteiger partial charge in [0.15, 0.2) is 12.1 Å². The Bertz CT molecular complexity index is 1120. The minimum Gasteiger partial charge on any atom is -0.347 e. The van der Waals surface area contributed by atoms with Crippen molar-refractivity contribution in [2.75, 3.05) is 22.5 Å². The van der Waals surface area contributed by atoms with Gasteiger partial charge in [0, 0.05) is 25.5 Å². The highest BCUT2D eigenvalue weighted by Crippen LogP contribution is 2.35. The SMILES string of the molecule is Cn1nc(Nc2c(Cl)cccc2Cl)c2c1NC(Nc1ccc3c(c1)CNCC3)N=C2.